The monoisotopic (exact) mass is 478 g/mol. The highest BCUT2D eigenvalue weighted by Gasteiger charge is 2.29. The van der Waals surface area contributed by atoms with Crippen molar-refractivity contribution < 1.29 is 28.5 Å². The van der Waals surface area contributed by atoms with E-state index >= 15 is 0 Å². The van der Waals surface area contributed by atoms with E-state index in [9.17, 15) is 9.59 Å². The first-order chi connectivity index (χ1) is 16.9. The fraction of sp³-hybridized carbons (Fsp3) is 0.370. The quantitative estimate of drug-likeness (QED) is 0.438. The van der Waals surface area contributed by atoms with Gasteiger partial charge in [0, 0.05) is 12.1 Å². The summed E-state index contributed by atoms with van der Waals surface area (Å²) in [6.45, 7) is 4.09. The molecule has 1 amide bonds. The summed E-state index contributed by atoms with van der Waals surface area (Å²) in [5.74, 6) is 1.06. The smallest absolute Gasteiger partial charge is 0.363 e. The Kier molecular flexibility index (Phi) is 7.39. The number of carbonyl (C=O) groups is 2. The summed E-state index contributed by atoms with van der Waals surface area (Å²) in [5, 5.41) is 0. The largest absolute Gasteiger partial charge is 0.496 e. The fourth-order valence-corrected chi connectivity index (χ4v) is 4.52. The summed E-state index contributed by atoms with van der Waals surface area (Å²) >= 11 is 0. The van der Waals surface area contributed by atoms with E-state index in [-0.39, 0.29) is 36.2 Å². The van der Waals surface area contributed by atoms with Crippen molar-refractivity contribution in [3.05, 3.63) is 59.3 Å². The van der Waals surface area contributed by atoms with Crippen molar-refractivity contribution in [2.24, 2.45) is 4.99 Å². The average Bonchev–Trinajstić information content (AvgIpc) is 3.22. The molecule has 8 nitrogen and oxygen atoms in total. The van der Waals surface area contributed by atoms with Crippen LogP contribution in [-0.4, -0.2) is 55.6 Å². The molecule has 0 aliphatic carbocycles. The second kappa shape index (κ2) is 10.6. The van der Waals surface area contributed by atoms with Crippen LogP contribution in [0.5, 0.6) is 17.2 Å². The van der Waals surface area contributed by atoms with Crippen molar-refractivity contribution in [2.45, 2.75) is 45.2 Å². The van der Waals surface area contributed by atoms with Gasteiger partial charge in [-0.1, -0.05) is 18.2 Å². The van der Waals surface area contributed by atoms with Crippen molar-refractivity contribution in [2.75, 3.05) is 20.8 Å². The predicted molar refractivity (Wildman–Crippen MR) is 132 cm³/mol. The lowest BCUT2D eigenvalue weighted by Gasteiger charge is -2.39. The summed E-state index contributed by atoms with van der Waals surface area (Å²) in [6, 6.07) is 12.8. The summed E-state index contributed by atoms with van der Waals surface area (Å²) in [7, 11) is 3.07. The summed E-state index contributed by atoms with van der Waals surface area (Å²) in [5.41, 5.74) is 1.43. The Morgan fingerprint density at radius 1 is 1.06 bits per heavy atom. The van der Waals surface area contributed by atoms with Crippen molar-refractivity contribution >= 4 is 23.9 Å². The van der Waals surface area contributed by atoms with Crippen LogP contribution in [0, 0.1) is 0 Å². The van der Waals surface area contributed by atoms with E-state index in [1.807, 2.05) is 17.0 Å². The van der Waals surface area contributed by atoms with Crippen LogP contribution in [0.4, 0.5) is 0 Å². The zero-order valence-electron chi connectivity index (χ0n) is 20.4. The number of ether oxygens (including phenoxy) is 4. The van der Waals surface area contributed by atoms with Crippen molar-refractivity contribution in [3.8, 4) is 17.2 Å². The maximum Gasteiger partial charge on any atom is 0.363 e. The lowest BCUT2D eigenvalue weighted by molar-refractivity contribution is -0.139. The SMILES string of the molecule is COc1cc(/C=C2/N=C(c3ccccc3OC)OC2=O)ccc1OCC(=O)N1[C@H](C)CCC[C@H]1C. The first-order valence-electron chi connectivity index (χ1n) is 11.7. The van der Waals surface area contributed by atoms with Crippen LogP contribution in [0.25, 0.3) is 6.08 Å². The Bertz CT molecular complexity index is 1160. The molecule has 2 atom stereocenters. The number of hydrogen-bond acceptors (Lipinski definition) is 7. The molecule has 0 unspecified atom stereocenters. The second-order valence-electron chi connectivity index (χ2n) is 8.67. The van der Waals surface area contributed by atoms with E-state index in [0.717, 1.165) is 19.3 Å². The number of methoxy groups -OCH3 is 2. The van der Waals surface area contributed by atoms with Crippen molar-refractivity contribution in [1.82, 2.24) is 4.90 Å². The average molecular weight is 479 g/mol. The highest BCUT2D eigenvalue weighted by atomic mass is 16.6. The Morgan fingerprint density at radius 2 is 1.77 bits per heavy atom. The van der Waals surface area contributed by atoms with E-state index in [1.54, 1.807) is 43.5 Å². The van der Waals surface area contributed by atoms with Gasteiger partial charge < -0.3 is 23.8 Å². The lowest BCUT2D eigenvalue weighted by atomic mass is 9.97. The van der Waals surface area contributed by atoms with Crippen molar-refractivity contribution in [1.29, 1.82) is 0 Å². The minimum atomic E-state index is -0.555. The molecule has 2 aliphatic heterocycles. The molecule has 8 heteroatoms. The Morgan fingerprint density at radius 3 is 2.49 bits per heavy atom. The Balaban J connectivity index is 1.49. The number of piperidine rings is 1. The number of cyclic esters (lactones) is 1. The number of amides is 1. The molecule has 0 N–H and O–H groups in total. The van der Waals surface area contributed by atoms with Gasteiger partial charge >= 0.3 is 5.97 Å². The molecule has 2 aliphatic rings. The Hall–Kier alpha value is -3.81. The first-order valence-corrected chi connectivity index (χ1v) is 11.7. The van der Waals surface area contributed by atoms with Crippen LogP contribution >= 0.6 is 0 Å². The van der Waals surface area contributed by atoms with Gasteiger partial charge in [0.05, 0.1) is 19.8 Å². The molecule has 4 rings (SSSR count). The number of aliphatic imine (C=N–C) groups is 1. The minimum Gasteiger partial charge on any atom is -0.496 e. The number of rotatable bonds is 7. The number of hydrogen-bond donors (Lipinski definition) is 0. The normalized spacial score (nSPS) is 20.9. The summed E-state index contributed by atoms with van der Waals surface area (Å²) in [4.78, 5) is 31.5. The maximum atomic E-state index is 12.8. The number of benzene rings is 2. The number of nitrogens with zero attached hydrogens (tertiary/aromatic N) is 2. The van der Waals surface area contributed by atoms with Crippen LogP contribution in [-0.2, 0) is 14.3 Å². The molecule has 0 aromatic heterocycles. The van der Waals surface area contributed by atoms with Gasteiger partial charge in [0.1, 0.15) is 5.75 Å². The van der Waals surface area contributed by atoms with Gasteiger partial charge in [0.15, 0.2) is 23.8 Å². The minimum absolute atomic E-state index is 0.0372. The van der Waals surface area contributed by atoms with Gasteiger partial charge in [-0.15, -0.1) is 0 Å². The van der Waals surface area contributed by atoms with Crippen molar-refractivity contribution in [3.63, 3.8) is 0 Å². The highest BCUT2D eigenvalue weighted by Crippen LogP contribution is 2.31. The molecule has 184 valence electrons. The second-order valence-corrected chi connectivity index (χ2v) is 8.67. The van der Waals surface area contributed by atoms with E-state index < -0.39 is 5.97 Å². The van der Waals surface area contributed by atoms with E-state index in [1.165, 1.54) is 7.11 Å². The van der Waals surface area contributed by atoms with Gasteiger partial charge in [-0.3, -0.25) is 4.79 Å². The topological polar surface area (TPSA) is 86.7 Å². The molecule has 2 aromatic carbocycles. The molecule has 2 heterocycles. The molecular weight excluding hydrogens is 448 g/mol. The molecular formula is C27H30N2O6. The van der Waals surface area contributed by atoms with E-state index in [2.05, 4.69) is 18.8 Å². The molecule has 35 heavy (non-hydrogen) atoms. The van der Waals surface area contributed by atoms with Crippen LogP contribution in [0.3, 0.4) is 0 Å². The van der Waals surface area contributed by atoms with Crippen LogP contribution in [0.2, 0.25) is 0 Å². The van der Waals surface area contributed by atoms with Gasteiger partial charge in [-0.25, -0.2) is 9.79 Å². The van der Waals surface area contributed by atoms with Gasteiger partial charge in [-0.05, 0) is 69.0 Å². The third kappa shape index (κ3) is 5.31. The zero-order valence-corrected chi connectivity index (χ0v) is 20.4. The molecule has 2 aromatic rings. The highest BCUT2D eigenvalue weighted by molar-refractivity contribution is 6.13. The molecule has 0 bridgehead atoms. The molecule has 1 saturated heterocycles. The van der Waals surface area contributed by atoms with Crippen LogP contribution in [0.15, 0.2) is 53.2 Å². The predicted octanol–water partition coefficient (Wildman–Crippen LogP) is 4.22. The zero-order chi connectivity index (χ0) is 24.9. The van der Waals surface area contributed by atoms with Gasteiger partial charge in [0.2, 0.25) is 5.90 Å². The number of carbonyl (C=O) groups excluding carboxylic acids is 2. The Labute approximate surface area is 205 Å². The van der Waals surface area contributed by atoms with E-state index in [0.29, 0.717) is 28.4 Å². The maximum absolute atomic E-state index is 12.8. The van der Waals surface area contributed by atoms with E-state index in [4.69, 9.17) is 18.9 Å². The summed E-state index contributed by atoms with van der Waals surface area (Å²) < 4.78 is 22.0. The lowest BCUT2D eigenvalue weighted by Crippen LogP contribution is -2.49. The number of para-hydroxylation sites is 1. The van der Waals surface area contributed by atoms with Crippen LogP contribution < -0.4 is 14.2 Å². The molecule has 1 fully saturated rings. The number of esters is 1. The fourth-order valence-electron chi connectivity index (χ4n) is 4.52. The molecule has 0 spiro atoms. The third-order valence-corrected chi connectivity index (χ3v) is 6.28. The molecule has 0 radical (unpaired) electrons. The van der Waals surface area contributed by atoms with Crippen LogP contribution in [0.1, 0.15) is 44.2 Å². The molecule has 0 saturated carbocycles. The third-order valence-electron chi connectivity index (χ3n) is 6.28. The standard InChI is InChI=1S/C27H30N2O6/c1-17-8-7-9-18(2)29(17)25(30)16-34-23-13-12-19(15-24(23)33-4)14-21-27(31)35-26(28-21)20-10-5-6-11-22(20)32-3/h5-6,10-15,17-18H,7-9,16H2,1-4H3/b21-14+/t17-,18-/m1/s1. The first kappa shape index (κ1) is 24.3. The summed E-state index contributed by atoms with van der Waals surface area (Å²) in [6.07, 6.45) is 4.76. The van der Waals surface area contributed by atoms with Gasteiger partial charge in [0.25, 0.3) is 5.91 Å². The van der Waals surface area contributed by atoms with Gasteiger partial charge in [-0.2, -0.15) is 0 Å². The number of likely N-dealkylation sites (tertiary alicyclic amines) is 1.